The molecule has 0 aromatic rings. The number of carbonyl (C=O) groups is 3. The van der Waals surface area contributed by atoms with Gasteiger partial charge in [-0.2, -0.15) is 0 Å². The van der Waals surface area contributed by atoms with Crippen molar-refractivity contribution < 1.29 is 43.2 Å². The highest BCUT2D eigenvalue weighted by Crippen LogP contribution is 2.27. The first-order valence-corrected chi connectivity index (χ1v) is 6.60. The molecule has 1 N–H and O–H groups in total. The van der Waals surface area contributed by atoms with E-state index in [2.05, 4.69) is 0 Å². The fourth-order valence-electron chi connectivity index (χ4n) is 2.17. The van der Waals surface area contributed by atoms with Crippen LogP contribution in [0.4, 0.5) is 0 Å². The summed E-state index contributed by atoms with van der Waals surface area (Å²) < 4.78 is 25.3. The van der Waals surface area contributed by atoms with Crippen LogP contribution in [-0.4, -0.2) is 67.4 Å². The van der Waals surface area contributed by atoms with E-state index in [1.807, 2.05) is 0 Å². The Morgan fingerprint density at radius 1 is 0.909 bits per heavy atom. The van der Waals surface area contributed by atoms with Gasteiger partial charge in [0.1, 0.15) is 6.10 Å². The lowest BCUT2D eigenvalue weighted by molar-refractivity contribution is -0.296. The summed E-state index contributed by atoms with van der Waals surface area (Å²) >= 11 is 0. The summed E-state index contributed by atoms with van der Waals surface area (Å²) in [5, 5.41) is 9.96. The Labute approximate surface area is 127 Å². The average molecular weight is 320 g/mol. The molecule has 1 aliphatic heterocycles. The van der Waals surface area contributed by atoms with E-state index in [1.54, 1.807) is 0 Å². The van der Waals surface area contributed by atoms with E-state index < -0.39 is 48.6 Å². The second kappa shape index (κ2) is 8.06. The van der Waals surface area contributed by atoms with Gasteiger partial charge in [-0.25, -0.2) is 0 Å². The van der Waals surface area contributed by atoms with Gasteiger partial charge in [-0.05, 0) is 0 Å². The molecule has 0 aromatic heterocycles. The number of esters is 3. The molecule has 9 nitrogen and oxygen atoms in total. The van der Waals surface area contributed by atoms with Gasteiger partial charge in [-0.3, -0.25) is 14.4 Å². The molecule has 0 spiro atoms. The fourth-order valence-corrected chi connectivity index (χ4v) is 2.17. The first-order valence-electron chi connectivity index (χ1n) is 6.60. The third kappa shape index (κ3) is 4.93. The summed E-state index contributed by atoms with van der Waals surface area (Å²) in [6, 6.07) is 0. The summed E-state index contributed by atoms with van der Waals surface area (Å²) in [5.41, 5.74) is 0. The minimum Gasteiger partial charge on any atom is -0.456 e. The lowest BCUT2D eigenvalue weighted by atomic mass is 9.98. The molecule has 1 rings (SSSR count). The fraction of sp³-hybridized carbons (Fsp3) is 0.769. The Kier molecular flexibility index (Phi) is 6.72. The molecule has 5 atom stereocenters. The van der Waals surface area contributed by atoms with Crippen molar-refractivity contribution in [2.75, 3.05) is 13.7 Å². The van der Waals surface area contributed by atoms with Crippen LogP contribution >= 0.6 is 0 Å². The third-order valence-electron chi connectivity index (χ3n) is 2.85. The molecule has 9 heteroatoms. The molecular weight excluding hydrogens is 300 g/mol. The van der Waals surface area contributed by atoms with Crippen LogP contribution < -0.4 is 0 Å². The maximum Gasteiger partial charge on any atom is 0.303 e. The second-order valence-corrected chi connectivity index (χ2v) is 4.74. The molecule has 0 radical (unpaired) electrons. The van der Waals surface area contributed by atoms with Gasteiger partial charge in [0.15, 0.2) is 24.6 Å². The van der Waals surface area contributed by atoms with E-state index in [9.17, 15) is 19.5 Å². The lowest BCUT2D eigenvalue weighted by Crippen LogP contribution is -2.62. The molecule has 1 unspecified atom stereocenters. The van der Waals surface area contributed by atoms with Crippen molar-refractivity contribution in [3.8, 4) is 0 Å². The number of aliphatic hydroxyl groups excluding tert-OH is 1. The monoisotopic (exact) mass is 320 g/mol. The van der Waals surface area contributed by atoms with Gasteiger partial charge in [0.2, 0.25) is 0 Å². The molecular formula is C13H20O9. The number of hydrogen-bond donors (Lipinski definition) is 1. The van der Waals surface area contributed by atoms with E-state index in [-0.39, 0.29) is 6.61 Å². The first-order chi connectivity index (χ1) is 10.3. The van der Waals surface area contributed by atoms with Crippen molar-refractivity contribution >= 4 is 17.9 Å². The summed E-state index contributed by atoms with van der Waals surface area (Å²) in [5.74, 6) is -2.05. The van der Waals surface area contributed by atoms with Crippen molar-refractivity contribution in [1.29, 1.82) is 0 Å². The maximum atomic E-state index is 11.3. The van der Waals surface area contributed by atoms with Gasteiger partial charge in [0.25, 0.3) is 0 Å². The summed E-state index contributed by atoms with van der Waals surface area (Å²) in [6.07, 6.45) is -6.07. The van der Waals surface area contributed by atoms with Crippen molar-refractivity contribution in [3.63, 3.8) is 0 Å². The summed E-state index contributed by atoms with van der Waals surface area (Å²) in [6.45, 7) is 3.41. The Morgan fingerprint density at radius 2 is 1.36 bits per heavy atom. The SMILES string of the molecule is COC[C@@H]1OC(O)[C@@H](OC(C)=O)[C@H](OC(C)=O)[C@@H]1OC(C)=O. The molecule has 1 aliphatic rings. The Hall–Kier alpha value is -1.71. The third-order valence-corrected chi connectivity index (χ3v) is 2.85. The number of hydrogen-bond acceptors (Lipinski definition) is 9. The number of carbonyl (C=O) groups excluding carboxylic acids is 3. The van der Waals surface area contributed by atoms with Crippen LogP contribution in [0.15, 0.2) is 0 Å². The smallest absolute Gasteiger partial charge is 0.303 e. The highest BCUT2D eigenvalue weighted by atomic mass is 16.7. The molecule has 0 saturated carbocycles. The van der Waals surface area contributed by atoms with Gasteiger partial charge >= 0.3 is 17.9 Å². The van der Waals surface area contributed by atoms with Crippen LogP contribution in [-0.2, 0) is 38.1 Å². The Morgan fingerprint density at radius 3 is 1.82 bits per heavy atom. The van der Waals surface area contributed by atoms with Gasteiger partial charge in [-0.1, -0.05) is 0 Å². The summed E-state index contributed by atoms with van der Waals surface area (Å²) in [7, 11) is 1.39. The maximum absolute atomic E-state index is 11.3. The van der Waals surface area contributed by atoms with Crippen molar-refractivity contribution in [2.24, 2.45) is 0 Å². The number of rotatable bonds is 5. The largest absolute Gasteiger partial charge is 0.456 e. The zero-order chi connectivity index (χ0) is 16.9. The van der Waals surface area contributed by atoms with E-state index in [4.69, 9.17) is 23.7 Å². The molecule has 1 fully saturated rings. The zero-order valence-electron chi connectivity index (χ0n) is 12.8. The average Bonchev–Trinajstić information content (AvgIpc) is 2.37. The predicted molar refractivity (Wildman–Crippen MR) is 69.4 cm³/mol. The quantitative estimate of drug-likeness (QED) is 0.510. The zero-order valence-corrected chi connectivity index (χ0v) is 12.8. The topological polar surface area (TPSA) is 118 Å². The van der Waals surface area contributed by atoms with E-state index >= 15 is 0 Å². The Bertz CT molecular complexity index is 422. The van der Waals surface area contributed by atoms with Crippen LogP contribution in [0.1, 0.15) is 20.8 Å². The highest BCUT2D eigenvalue weighted by molar-refractivity contribution is 5.68. The molecule has 1 saturated heterocycles. The van der Waals surface area contributed by atoms with Gasteiger partial charge in [-0.15, -0.1) is 0 Å². The Balaban J connectivity index is 3.09. The minimum atomic E-state index is -1.56. The molecule has 126 valence electrons. The van der Waals surface area contributed by atoms with Crippen LogP contribution in [0.5, 0.6) is 0 Å². The van der Waals surface area contributed by atoms with Gasteiger partial charge in [0, 0.05) is 27.9 Å². The number of ether oxygens (including phenoxy) is 5. The van der Waals surface area contributed by atoms with Crippen molar-refractivity contribution in [3.05, 3.63) is 0 Å². The highest BCUT2D eigenvalue weighted by Gasteiger charge is 2.51. The van der Waals surface area contributed by atoms with Gasteiger partial charge < -0.3 is 28.8 Å². The minimum absolute atomic E-state index is 0.0282. The molecule has 0 aromatic carbocycles. The molecule has 1 heterocycles. The first kappa shape index (κ1) is 18.3. The van der Waals surface area contributed by atoms with Crippen LogP contribution in [0.3, 0.4) is 0 Å². The van der Waals surface area contributed by atoms with Crippen LogP contribution in [0.2, 0.25) is 0 Å². The number of methoxy groups -OCH3 is 1. The normalized spacial score (nSPS) is 31.2. The van der Waals surface area contributed by atoms with E-state index in [0.29, 0.717) is 0 Å². The second-order valence-electron chi connectivity index (χ2n) is 4.74. The van der Waals surface area contributed by atoms with E-state index in [1.165, 1.54) is 14.0 Å². The van der Waals surface area contributed by atoms with Crippen LogP contribution in [0, 0.1) is 0 Å². The molecule has 0 amide bonds. The number of aliphatic hydroxyl groups is 1. The van der Waals surface area contributed by atoms with Crippen LogP contribution in [0.25, 0.3) is 0 Å². The van der Waals surface area contributed by atoms with E-state index in [0.717, 1.165) is 13.8 Å². The summed E-state index contributed by atoms with van der Waals surface area (Å²) in [4.78, 5) is 33.7. The molecule has 22 heavy (non-hydrogen) atoms. The van der Waals surface area contributed by atoms with Crippen molar-refractivity contribution in [1.82, 2.24) is 0 Å². The standard InChI is InChI=1S/C13H20O9/c1-6(14)19-10-9(5-18-4)22-13(17)12(21-8(3)16)11(10)20-7(2)15/h9-13,17H,5H2,1-4H3/t9-,10+,11+,12-,13?/m0/s1. The molecule has 0 aliphatic carbocycles. The lowest BCUT2D eigenvalue weighted by Gasteiger charge is -2.42. The van der Waals surface area contributed by atoms with Crippen molar-refractivity contribution in [2.45, 2.75) is 51.5 Å². The van der Waals surface area contributed by atoms with Gasteiger partial charge in [0.05, 0.1) is 6.61 Å². The predicted octanol–water partition coefficient (Wildman–Crippen LogP) is -0.855. The molecule has 0 bridgehead atoms.